The van der Waals surface area contributed by atoms with Crippen molar-refractivity contribution in [1.29, 1.82) is 5.26 Å². The van der Waals surface area contributed by atoms with Gasteiger partial charge in [0, 0.05) is 25.3 Å². The number of hydrogen-bond acceptors (Lipinski definition) is 4. The van der Waals surface area contributed by atoms with Gasteiger partial charge in [0.15, 0.2) is 0 Å². The Morgan fingerprint density at radius 2 is 2.00 bits per heavy atom. The SMILES string of the molecule is Cc1cc(C)c(C#N)c(NCCCN2CC(C)CC(C)C2)n1. The molecule has 120 valence electrons. The summed E-state index contributed by atoms with van der Waals surface area (Å²) in [7, 11) is 0. The monoisotopic (exact) mass is 300 g/mol. The van der Waals surface area contributed by atoms with E-state index in [1.54, 1.807) is 0 Å². The van der Waals surface area contributed by atoms with Crippen molar-refractivity contribution in [3.05, 3.63) is 22.9 Å². The fraction of sp³-hybridized carbons (Fsp3) is 0.667. The molecule has 0 spiro atoms. The molecule has 2 rings (SSSR count). The number of aryl methyl sites for hydroxylation is 2. The molecule has 2 heterocycles. The third-order valence-electron chi connectivity index (χ3n) is 4.34. The zero-order chi connectivity index (χ0) is 16.1. The maximum absolute atomic E-state index is 9.27. The van der Waals surface area contributed by atoms with Crippen molar-refractivity contribution in [2.75, 3.05) is 31.5 Å². The fourth-order valence-electron chi connectivity index (χ4n) is 3.59. The van der Waals surface area contributed by atoms with Crippen molar-refractivity contribution in [3.63, 3.8) is 0 Å². The van der Waals surface area contributed by atoms with Crippen LogP contribution in [0.5, 0.6) is 0 Å². The molecule has 2 atom stereocenters. The van der Waals surface area contributed by atoms with Crippen LogP contribution in [-0.2, 0) is 0 Å². The number of nitriles is 1. The van der Waals surface area contributed by atoms with Gasteiger partial charge in [-0.15, -0.1) is 0 Å². The molecule has 1 fully saturated rings. The Hall–Kier alpha value is -1.60. The zero-order valence-electron chi connectivity index (χ0n) is 14.3. The van der Waals surface area contributed by atoms with E-state index >= 15 is 0 Å². The molecule has 1 N–H and O–H groups in total. The molecule has 0 aromatic carbocycles. The lowest BCUT2D eigenvalue weighted by Crippen LogP contribution is -2.39. The summed E-state index contributed by atoms with van der Waals surface area (Å²) >= 11 is 0. The van der Waals surface area contributed by atoms with E-state index in [0.29, 0.717) is 5.56 Å². The van der Waals surface area contributed by atoms with Crippen molar-refractivity contribution >= 4 is 5.82 Å². The number of nitrogens with one attached hydrogen (secondary N) is 1. The molecule has 0 amide bonds. The van der Waals surface area contributed by atoms with Crippen molar-refractivity contribution in [2.45, 2.75) is 40.5 Å². The third-order valence-corrected chi connectivity index (χ3v) is 4.34. The molecule has 1 aromatic heterocycles. The summed E-state index contributed by atoms with van der Waals surface area (Å²) in [6.07, 6.45) is 2.44. The molecular weight excluding hydrogens is 272 g/mol. The summed E-state index contributed by atoms with van der Waals surface area (Å²) in [6, 6.07) is 4.22. The van der Waals surface area contributed by atoms with Crippen LogP contribution < -0.4 is 5.32 Å². The lowest BCUT2D eigenvalue weighted by molar-refractivity contribution is 0.141. The number of aromatic nitrogens is 1. The van der Waals surface area contributed by atoms with Crippen LogP contribution in [0.4, 0.5) is 5.82 Å². The van der Waals surface area contributed by atoms with E-state index in [4.69, 9.17) is 0 Å². The molecule has 4 nitrogen and oxygen atoms in total. The minimum Gasteiger partial charge on any atom is -0.369 e. The number of rotatable bonds is 5. The Bertz CT molecular complexity index is 537. The molecule has 2 unspecified atom stereocenters. The summed E-state index contributed by atoms with van der Waals surface area (Å²) in [6.45, 7) is 13.0. The molecule has 1 aromatic rings. The number of piperidine rings is 1. The Labute approximate surface area is 134 Å². The van der Waals surface area contributed by atoms with E-state index in [1.807, 2.05) is 19.9 Å². The van der Waals surface area contributed by atoms with Gasteiger partial charge in [0.05, 0.1) is 5.56 Å². The lowest BCUT2D eigenvalue weighted by atomic mass is 9.92. The van der Waals surface area contributed by atoms with E-state index in [0.717, 1.165) is 48.4 Å². The first-order valence-corrected chi connectivity index (χ1v) is 8.34. The van der Waals surface area contributed by atoms with Gasteiger partial charge in [-0.3, -0.25) is 0 Å². The van der Waals surface area contributed by atoms with Gasteiger partial charge in [-0.2, -0.15) is 5.26 Å². The Morgan fingerprint density at radius 1 is 1.32 bits per heavy atom. The van der Waals surface area contributed by atoms with Crippen molar-refractivity contribution < 1.29 is 0 Å². The topological polar surface area (TPSA) is 52.0 Å². The van der Waals surface area contributed by atoms with Crippen LogP contribution in [-0.4, -0.2) is 36.1 Å². The summed E-state index contributed by atoms with van der Waals surface area (Å²) in [4.78, 5) is 7.04. The Kier molecular flexibility index (Phi) is 5.79. The maximum atomic E-state index is 9.27. The van der Waals surface area contributed by atoms with Gasteiger partial charge in [-0.05, 0) is 56.7 Å². The smallest absolute Gasteiger partial charge is 0.144 e. The minimum absolute atomic E-state index is 0.672. The highest BCUT2D eigenvalue weighted by Gasteiger charge is 2.21. The average Bonchev–Trinajstić information content (AvgIpc) is 2.42. The van der Waals surface area contributed by atoms with Gasteiger partial charge in [0.1, 0.15) is 11.9 Å². The normalized spacial score (nSPS) is 22.3. The third kappa shape index (κ3) is 4.45. The number of likely N-dealkylation sites (tertiary alicyclic amines) is 1. The quantitative estimate of drug-likeness (QED) is 0.847. The van der Waals surface area contributed by atoms with Gasteiger partial charge in [-0.25, -0.2) is 4.98 Å². The largest absolute Gasteiger partial charge is 0.369 e. The number of pyridine rings is 1. The van der Waals surface area contributed by atoms with E-state index in [-0.39, 0.29) is 0 Å². The maximum Gasteiger partial charge on any atom is 0.144 e. The highest BCUT2D eigenvalue weighted by molar-refractivity contribution is 5.56. The van der Waals surface area contributed by atoms with Gasteiger partial charge in [0.25, 0.3) is 0 Å². The zero-order valence-corrected chi connectivity index (χ0v) is 14.3. The van der Waals surface area contributed by atoms with Crippen molar-refractivity contribution in [3.8, 4) is 6.07 Å². The first kappa shape index (κ1) is 16.8. The van der Waals surface area contributed by atoms with E-state index < -0.39 is 0 Å². The highest BCUT2D eigenvalue weighted by atomic mass is 15.1. The predicted molar refractivity (Wildman–Crippen MR) is 90.9 cm³/mol. The Balaban J connectivity index is 1.83. The molecule has 0 saturated carbocycles. The molecule has 1 aliphatic rings. The van der Waals surface area contributed by atoms with Gasteiger partial charge in [0.2, 0.25) is 0 Å². The summed E-state index contributed by atoms with van der Waals surface area (Å²) in [5.74, 6) is 2.35. The minimum atomic E-state index is 0.672. The summed E-state index contributed by atoms with van der Waals surface area (Å²) in [5, 5.41) is 12.6. The highest BCUT2D eigenvalue weighted by Crippen LogP contribution is 2.21. The average molecular weight is 300 g/mol. The molecule has 22 heavy (non-hydrogen) atoms. The van der Waals surface area contributed by atoms with Gasteiger partial charge in [-0.1, -0.05) is 13.8 Å². The predicted octanol–water partition coefficient (Wildman–Crippen LogP) is 3.35. The van der Waals surface area contributed by atoms with E-state index in [9.17, 15) is 5.26 Å². The van der Waals surface area contributed by atoms with E-state index in [1.165, 1.54) is 19.5 Å². The standard InChI is InChI=1S/C18H28N4/c1-13-8-14(2)12-22(11-13)7-5-6-20-18-17(10-19)15(3)9-16(4)21-18/h9,13-14H,5-8,11-12H2,1-4H3,(H,20,21). The molecule has 0 aliphatic carbocycles. The summed E-state index contributed by atoms with van der Waals surface area (Å²) in [5.41, 5.74) is 2.62. The number of hydrogen-bond donors (Lipinski definition) is 1. The molecule has 0 radical (unpaired) electrons. The Morgan fingerprint density at radius 3 is 2.64 bits per heavy atom. The van der Waals surface area contributed by atoms with E-state index in [2.05, 4.69) is 35.1 Å². The first-order chi connectivity index (χ1) is 10.5. The van der Waals surface area contributed by atoms with Crippen LogP contribution in [0, 0.1) is 37.0 Å². The second kappa shape index (κ2) is 7.60. The number of anilines is 1. The van der Waals surface area contributed by atoms with Crippen molar-refractivity contribution in [2.24, 2.45) is 11.8 Å². The van der Waals surface area contributed by atoms with Crippen molar-refractivity contribution in [1.82, 2.24) is 9.88 Å². The molecule has 1 aliphatic heterocycles. The van der Waals surface area contributed by atoms with Gasteiger partial charge >= 0.3 is 0 Å². The first-order valence-electron chi connectivity index (χ1n) is 8.34. The molecule has 1 saturated heterocycles. The molecule has 0 bridgehead atoms. The number of nitrogens with zero attached hydrogens (tertiary/aromatic N) is 3. The van der Waals surface area contributed by atoms with Crippen LogP contribution in [0.3, 0.4) is 0 Å². The second-order valence-corrected chi connectivity index (χ2v) is 6.90. The van der Waals surface area contributed by atoms with Crippen LogP contribution in [0.1, 0.15) is 43.5 Å². The van der Waals surface area contributed by atoms with Gasteiger partial charge < -0.3 is 10.2 Å². The second-order valence-electron chi connectivity index (χ2n) is 6.90. The fourth-order valence-corrected chi connectivity index (χ4v) is 3.59. The van der Waals surface area contributed by atoms with Crippen LogP contribution in [0.25, 0.3) is 0 Å². The van der Waals surface area contributed by atoms with Crippen LogP contribution in [0.2, 0.25) is 0 Å². The molecular formula is C18H28N4. The van der Waals surface area contributed by atoms with Crippen LogP contribution in [0.15, 0.2) is 6.07 Å². The molecule has 4 heteroatoms. The van der Waals surface area contributed by atoms with Crippen LogP contribution >= 0.6 is 0 Å². The summed E-state index contributed by atoms with van der Waals surface area (Å²) < 4.78 is 0. The lowest BCUT2D eigenvalue weighted by Gasteiger charge is -2.34.